The van der Waals surface area contributed by atoms with Crippen LogP contribution in [0.25, 0.3) is 0 Å². The highest BCUT2D eigenvalue weighted by atomic mass is 32.2. The van der Waals surface area contributed by atoms with Gasteiger partial charge in [-0.15, -0.1) is 0 Å². The zero-order valence-electron chi connectivity index (χ0n) is 14.0. The van der Waals surface area contributed by atoms with E-state index in [0.717, 1.165) is 25.7 Å². The first-order valence-corrected chi connectivity index (χ1v) is 11.5. The van der Waals surface area contributed by atoms with Crippen molar-refractivity contribution in [2.45, 2.75) is 60.5 Å². The molecule has 0 radical (unpaired) electrons. The van der Waals surface area contributed by atoms with Gasteiger partial charge >= 0.3 is 0 Å². The highest BCUT2D eigenvalue weighted by Gasteiger charge is 2.30. The van der Waals surface area contributed by atoms with Crippen molar-refractivity contribution in [1.82, 2.24) is 9.03 Å². The average molecular weight is 389 g/mol. The van der Waals surface area contributed by atoms with Crippen molar-refractivity contribution >= 4 is 20.0 Å². The Morgan fingerprint density at radius 1 is 0.920 bits per heavy atom. The quantitative estimate of drug-likeness (QED) is 0.785. The fourth-order valence-corrected chi connectivity index (χ4v) is 6.23. The molecule has 2 N–H and O–H groups in total. The predicted molar refractivity (Wildman–Crippen MR) is 93.0 cm³/mol. The third-order valence-corrected chi connectivity index (χ3v) is 8.22. The summed E-state index contributed by atoms with van der Waals surface area (Å²) in [5.74, 6) is 0. The van der Waals surface area contributed by atoms with Crippen LogP contribution >= 0.6 is 0 Å². The molecule has 1 saturated carbocycles. The Morgan fingerprint density at radius 2 is 1.52 bits per heavy atom. The lowest BCUT2D eigenvalue weighted by molar-refractivity contribution is 0.108. The summed E-state index contributed by atoms with van der Waals surface area (Å²) < 4.78 is 54.0. The Labute approximate surface area is 149 Å². The fourth-order valence-electron chi connectivity index (χ4n) is 3.41. The molecule has 1 aromatic rings. The van der Waals surface area contributed by atoms with Gasteiger partial charge in [0.25, 0.3) is 0 Å². The van der Waals surface area contributed by atoms with Gasteiger partial charge < -0.3 is 5.11 Å². The molecule has 0 unspecified atom stereocenters. The van der Waals surface area contributed by atoms with E-state index in [4.69, 9.17) is 0 Å². The van der Waals surface area contributed by atoms with E-state index in [2.05, 4.69) is 4.72 Å². The van der Waals surface area contributed by atoms with Crippen LogP contribution in [-0.2, 0) is 20.0 Å². The molecule has 0 amide bonds. The second-order valence-electron chi connectivity index (χ2n) is 6.73. The molecule has 2 aliphatic rings. The minimum Gasteiger partial charge on any atom is -0.392 e. The topological polar surface area (TPSA) is 104 Å². The Bertz CT molecular complexity index is 799. The van der Waals surface area contributed by atoms with Crippen LogP contribution in [0.3, 0.4) is 0 Å². The first-order valence-electron chi connectivity index (χ1n) is 8.60. The maximum atomic E-state index is 12.6. The van der Waals surface area contributed by atoms with E-state index < -0.39 is 26.2 Å². The lowest BCUT2D eigenvalue weighted by Gasteiger charge is -2.29. The molecule has 25 heavy (non-hydrogen) atoms. The summed E-state index contributed by atoms with van der Waals surface area (Å²) in [7, 11) is -7.36. The maximum absolute atomic E-state index is 12.6. The van der Waals surface area contributed by atoms with Gasteiger partial charge in [0.2, 0.25) is 20.0 Å². The molecule has 140 valence electrons. The molecule has 0 spiro atoms. The predicted octanol–water partition coefficient (Wildman–Crippen LogP) is 1.05. The number of rotatable bonds is 5. The normalized spacial score (nSPS) is 23.8. The van der Waals surface area contributed by atoms with Gasteiger partial charge in [0.1, 0.15) is 0 Å². The number of aliphatic hydroxyl groups is 1. The molecule has 0 aromatic heterocycles. The van der Waals surface area contributed by atoms with Crippen LogP contribution in [0.2, 0.25) is 0 Å². The Kier molecular flexibility index (Phi) is 5.50. The van der Waals surface area contributed by atoms with Crippen LogP contribution in [0.15, 0.2) is 34.1 Å². The zero-order valence-corrected chi connectivity index (χ0v) is 15.6. The molecule has 9 heteroatoms. The van der Waals surface area contributed by atoms with Crippen LogP contribution in [-0.4, -0.2) is 51.5 Å². The Hall–Kier alpha value is -1.00. The van der Waals surface area contributed by atoms with Gasteiger partial charge in [-0.25, -0.2) is 21.6 Å². The van der Waals surface area contributed by atoms with Crippen molar-refractivity contribution in [3.05, 3.63) is 24.3 Å². The maximum Gasteiger partial charge on any atom is 0.243 e. The summed E-state index contributed by atoms with van der Waals surface area (Å²) >= 11 is 0. The fraction of sp³-hybridized carbons (Fsp3) is 0.625. The van der Waals surface area contributed by atoms with Gasteiger partial charge in [-0.05, 0) is 49.9 Å². The molecule has 0 bridgehead atoms. The first kappa shape index (κ1) is 18.8. The molecule has 1 aliphatic heterocycles. The van der Waals surface area contributed by atoms with E-state index in [9.17, 15) is 21.9 Å². The van der Waals surface area contributed by atoms with Gasteiger partial charge in [-0.3, -0.25) is 0 Å². The molecule has 3 rings (SSSR count). The smallest absolute Gasteiger partial charge is 0.243 e. The summed E-state index contributed by atoms with van der Waals surface area (Å²) in [6.07, 6.45) is 4.26. The van der Waals surface area contributed by atoms with E-state index in [-0.39, 0.29) is 22.4 Å². The van der Waals surface area contributed by atoms with E-state index in [1.165, 1.54) is 28.6 Å². The Balaban J connectivity index is 1.77. The molecule has 7 nitrogen and oxygen atoms in total. The average Bonchev–Trinajstić information content (AvgIpc) is 3.07. The van der Waals surface area contributed by atoms with Crippen LogP contribution < -0.4 is 4.72 Å². The van der Waals surface area contributed by atoms with Crippen molar-refractivity contribution in [2.24, 2.45) is 0 Å². The molecule has 1 aliphatic carbocycles. The molecule has 1 aromatic carbocycles. The second kappa shape index (κ2) is 7.32. The van der Waals surface area contributed by atoms with Gasteiger partial charge in [-0.1, -0.05) is 12.8 Å². The van der Waals surface area contributed by atoms with Crippen molar-refractivity contribution in [3.8, 4) is 0 Å². The molecule has 2 fully saturated rings. The van der Waals surface area contributed by atoms with Crippen LogP contribution in [0.5, 0.6) is 0 Å². The lowest BCUT2D eigenvalue weighted by atomic mass is 10.1. The number of aliphatic hydroxyl groups excluding tert-OH is 1. The van der Waals surface area contributed by atoms with Gasteiger partial charge in [0.15, 0.2) is 0 Å². The third-order valence-electron chi connectivity index (χ3n) is 4.81. The van der Waals surface area contributed by atoms with Gasteiger partial charge in [0.05, 0.1) is 15.9 Å². The van der Waals surface area contributed by atoms with Gasteiger partial charge in [-0.2, -0.15) is 4.31 Å². The highest BCUT2D eigenvalue weighted by Crippen LogP contribution is 2.24. The minimum atomic E-state index is -3.72. The molecule has 1 saturated heterocycles. The van der Waals surface area contributed by atoms with E-state index >= 15 is 0 Å². The summed E-state index contributed by atoms with van der Waals surface area (Å²) in [5.41, 5.74) is 0. The van der Waals surface area contributed by atoms with Crippen LogP contribution in [0.4, 0.5) is 0 Å². The van der Waals surface area contributed by atoms with E-state index in [1.807, 2.05) is 0 Å². The number of piperidine rings is 1. The number of nitrogens with one attached hydrogen (secondary N) is 1. The number of hydrogen-bond acceptors (Lipinski definition) is 5. The number of hydrogen-bond donors (Lipinski definition) is 2. The summed E-state index contributed by atoms with van der Waals surface area (Å²) in [6.45, 7) is 0.439. The monoisotopic (exact) mass is 388 g/mol. The molecular weight excluding hydrogens is 364 g/mol. The number of β-amino-alcohol motifs (C(OH)–C–C–N with tert-alkyl or cyclic N) is 1. The summed E-state index contributed by atoms with van der Waals surface area (Å²) in [6, 6.07) is 5.25. The Morgan fingerprint density at radius 3 is 2.12 bits per heavy atom. The molecule has 1 heterocycles. The zero-order chi connectivity index (χ0) is 18.1. The number of sulfonamides is 2. The van der Waals surface area contributed by atoms with Crippen LogP contribution in [0.1, 0.15) is 38.5 Å². The van der Waals surface area contributed by atoms with Gasteiger partial charge in [0, 0.05) is 19.1 Å². The van der Waals surface area contributed by atoms with Crippen molar-refractivity contribution in [1.29, 1.82) is 0 Å². The number of benzene rings is 1. The van der Waals surface area contributed by atoms with E-state index in [1.54, 1.807) is 0 Å². The molecule has 1 atom stereocenters. The SMILES string of the molecule is O=S(=O)(NC1CCCC1)c1ccc(S(=O)(=O)N2CCC[C@H](O)C2)cc1. The van der Waals surface area contributed by atoms with Crippen molar-refractivity contribution in [2.75, 3.05) is 13.1 Å². The van der Waals surface area contributed by atoms with Crippen LogP contribution in [0, 0.1) is 0 Å². The third kappa shape index (κ3) is 4.22. The molecular formula is C16H24N2O5S2. The summed E-state index contributed by atoms with van der Waals surface area (Å²) in [5, 5.41) is 9.68. The minimum absolute atomic E-state index is 0.0387. The highest BCUT2D eigenvalue weighted by molar-refractivity contribution is 7.89. The number of nitrogens with zero attached hydrogens (tertiary/aromatic N) is 1. The first-order chi connectivity index (χ1) is 11.8. The second-order valence-corrected chi connectivity index (χ2v) is 10.4. The van der Waals surface area contributed by atoms with Crippen molar-refractivity contribution in [3.63, 3.8) is 0 Å². The van der Waals surface area contributed by atoms with E-state index in [0.29, 0.717) is 19.4 Å². The standard InChI is InChI=1S/C16H24N2O5S2/c19-14-6-3-11-18(12-14)25(22,23)16-9-7-15(8-10-16)24(20,21)17-13-4-1-2-5-13/h7-10,13-14,17,19H,1-6,11-12H2/t14-/m0/s1. The summed E-state index contributed by atoms with van der Waals surface area (Å²) in [4.78, 5) is 0.110. The van der Waals surface area contributed by atoms with Crippen molar-refractivity contribution < 1.29 is 21.9 Å². The largest absolute Gasteiger partial charge is 0.392 e. The lowest BCUT2D eigenvalue weighted by Crippen LogP contribution is -2.42.